The molecule has 0 radical (unpaired) electrons. The first kappa shape index (κ1) is 25.3. The van der Waals surface area contributed by atoms with Crippen LogP contribution in [-0.4, -0.2) is 33.1 Å². The smallest absolute Gasteiger partial charge is 0.301 e. The molecule has 10 heteroatoms. The van der Waals surface area contributed by atoms with E-state index in [9.17, 15) is 19.1 Å². The zero-order valence-corrected chi connectivity index (χ0v) is 22.3. The van der Waals surface area contributed by atoms with Gasteiger partial charge in [-0.1, -0.05) is 65.6 Å². The highest BCUT2D eigenvalue weighted by molar-refractivity contribution is 8.00. The number of ketones is 1. The number of aromatic nitrogens is 2. The number of anilines is 1. The quantitative estimate of drug-likeness (QED) is 0.103. The number of benzene rings is 3. The van der Waals surface area contributed by atoms with Crippen LogP contribution in [0.25, 0.3) is 5.76 Å². The Morgan fingerprint density at radius 1 is 1.10 bits per heavy atom. The first-order valence-corrected chi connectivity index (χ1v) is 14.1. The first-order chi connectivity index (χ1) is 18.9. The summed E-state index contributed by atoms with van der Waals surface area (Å²) in [5.41, 5.74) is 2.94. The molecule has 196 valence electrons. The monoisotopic (exact) mass is 559 g/mol. The molecule has 0 spiro atoms. The number of carbonyl (C=O) groups excluding carboxylic acids is 2. The van der Waals surface area contributed by atoms with Crippen molar-refractivity contribution in [2.75, 3.05) is 4.90 Å². The van der Waals surface area contributed by atoms with Crippen molar-refractivity contribution >= 4 is 45.7 Å². The van der Waals surface area contributed by atoms with Crippen LogP contribution in [0.5, 0.6) is 5.75 Å². The lowest BCUT2D eigenvalue weighted by Crippen LogP contribution is -2.29. The van der Waals surface area contributed by atoms with Gasteiger partial charge in [-0.15, -0.1) is 10.2 Å². The number of fused-ring (bicyclic) bond motifs is 1. The molecule has 7 nitrogen and oxygen atoms in total. The minimum absolute atomic E-state index is 0.00571. The number of halogens is 1. The number of carbonyl (C=O) groups is 2. The number of hydrogen-bond donors (Lipinski definition) is 1. The molecule has 1 fully saturated rings. The Morgan fingerprint density at radius 3 is 2.64 bits per heavy atom. The van der Waals surface area contributed by atoms with Gasteiger partial charge in [0, 0.05) is 17.7 Å². The van der Waals surface area contributed by atoms with E-state index in [2.05, 4.69) is 10.2 Å². The van der Waals surface area contributed by atoms with Gasteiger partial charge in [0.15, 0.2) is 4.34 Å². The summed E-state index contributed by atoms with van der Waals surface area (Å²) in [6, 6.07) is 19.7. The maximum atomic E-state index is 13.4. The number of ether oxygens (including phenoxy) is 1. The van der Waals surface area contributed by atoms with Gasteiger partial charge in [-0.05, 0) is 53.9 Å². The van der Waals surface area contributed by atoms with E-state index >= 15 is 0 Å². The largest absolute Gasteiger partial charge is 0.507 e. The van der Waals surface area contributed by atoms with Crippen molar-refractivity contribution in [1.29, 1.82) is 0 Å². The fourth-order valence-corrected chi connectivity index (χ4v) is 6.61. The van der Waals surface area contributed by atoms with Gasteiger partial charge in [-0.2, -0.15) is 0 Å². The Bertz CT molecular complexity index is 1600. The number of nitrogens with zero attached hydrogens (tertiary/aromatic N) is 3. The predicted molar refractivity (Wildman–Crippen MR) is 147 cm³/mol. The third kappa shape index (κ3) is 4.81. The lowest BCUT2D eigenvalue weighted by atomic mass is 9.94. The molecule has 6 rings (SSSR count). The number of Topliss-reactive ketones (excluding diaryl/α,β-unsaturated/α-hetero) is 1. The first-order valence-electron chi connectivity index (χ1n) is 12.3. The number of aliphatic hydroxyl groups is 1. The third-order valence-corrected chi connectivity index (χ3v) is 8.73. The van der Waals surface area contributed by atoms with Crippen LogP contribution in [0.15, 0.2) is 82.7 Å². The molecule has 0 aliphatic carbocycles. The van der Waals surface area contributed by atoms with Crippen molar-refractivity contribution < 1.29 is 23.8 Å². The summed E-state index contributed by atoms with van der Waals surface area (Å²) in [4.78, 5) is 28.1. The molecule has 1 N–H and O–H groups in total. The Kier molecular flexibility index (Phi) is 6.66. The van der Waals surface area contributed by atoms with E-state index in [1.54, 1.807) is 42.5 Å². The van der Waals surface area contributed by atoms with Crippen molar-refractivity contribution in [3.05, 3.63) is 106 Å². The standard InChI is InChI=1S/C29H22FN3O4S2/c1-16-13-20-14-19(9-12-22(20)37-16)25(34)23-24(18-5-3-2-4-6-18)33(27(36)26(23)35)28-31-32-29(39-28)38-15-17-7-10-21(30)11-8-17/h2-12,14,16,24,34H,13,15H2,1H3/b25-23+. The van der Waals surface area contributed by atoms with E-state index in [0.29, 0.717) is 27.6 Å². The van der Waals surface area contributed by atoms with Crippen molar-refractivity contribution in [1.82, 2.24) is 10.2 Å². The summed E-state index contributed by atoms with van der Waals surface area (Å²) in [6.45, 7) is 1.97. The molecule has 39 heavy (non-hydrogen) atoms. The normalized spacial score (nSPS) is 19.8. The van der Waals surface area contributed by atoms with E-state index in [1.165, 1.54) is 40.1 Å². The zero-order chi connectivity index (χ0) is 27.1. The van der Waals surface area contributed by atoms with Crippen LogP contribution in [0.2, 0.25) is 0 Å². The molecule has 1 amide bonds. The third-order valence-electron chi connectivity index (χ3n) is 6.61. The molecule has 3 heterocycles. The van der Waals surface area contributed by atoms with Gasteiger partial charge in [0.25, 0.3) is 5.78 Å². The molecular formula is C29H22FN3O4S2. The highest BCUT2D eigenvalue weighted by Crippen LogP contribution is 2.44. The average Bonchev–Trinajstić information content (AvgIpc) is 3.63. The lowest BCUT2D eigenvalue weighted by molar-refractivity contribution is -0.132. The number of thioether (sulfide) groups is 1. The van der Waals surface area contributed by atoms with Gasteiger partial charge >= 0.3 is 5.91 Å². The van der Waals surface area contributed by atoms with Gasteiger partial charge in [0.05, 0.1) is 11.6 Å². The van der Waals surface area contributed by atoms with Crippen molar-refractivity contribution in [2.45, 2.75) is 35.6 Å². The summed E-state index contributed by atoms with van der Waals surface area (Å²) >= 11 is 2.58. The molecule has 0 bridgehead atoms. The molecule has 2 atom stereocenters. The maximum absolute atomic E-state index is 13.4. The summed E-state index contributed by atoms with van der Waals surface area (Å²) in [6.07, 6.45) is 0.718. The van der Waals surface area contributed by atoms with Gasteiger partial charge in [-0.3, -0.25) is 14.5 Å². The van der Waals surface area contributed by atoms with Crippen LogP contribution in [0.4, 0.5) is 9.52 Å². The Balaban J connectivity index is 1.36. The van der Waals surface area contributed by atoms with Crippen LogP contribution in [-0.2, 0) is 21.8 Å². The second-order valence-corrected chi connectivity index (χ2v) is 11.5. The van der Waals surface area contributed by atoms with Gasteiger partial charge in [0.2, 0.25) is 5.13 Å². The van der Waals surface area contributed by atoms with E-state index in [0.717, 1.165) is 16.9 Å². The summed E-state index contributed by atoms with van der Waals surface area (Å²) in [5, 5.41) is 20.1. The summed E-state index contributed by atoms with van der Waals surface area (Å²) in [7, 11) is 0. The maximum Gasteiger partial charge on any atom is 0.301 e. The SMILES string of the molecule is CC1Cc2cc(/C(O)=C3\C(=O)C(=O)N(c4nnc(SCc5ccc(F)cc5)s4)C3c3ccccc3)ccc2O1. The van der Waals surface area contributed by atoms with E-state index < -0.39 is 17.7 Å². The van der Waals surface area contributed by atoms with E-state index in [-0.39, 0.29) is 28.4 Å². The second-order valence-electron chi connectivity index (χ2n) is 9.30. The fraction of sp³-hybridized carbons (Fsp3) is 0.172. The molecule has 3 aromatic carbocycles. The van der Waals surface area contributed by atoms with Crippen molar-refractivity contribution in [3.8, 4) is 5.75 Å². The van der Waals surface area contributed by atoms with Gasteiger partial charge in [-0.25, -0.2) is 4.39 Å². The molecular weight excluding hydrogens is 537 g/mol. The Labute approximate surface area is 232 Å². The minimum atomic E-state index is -0.877. The summed E-state index contributed by atoms with van der Waals surface area (Å²) in [5.74, 6) is -0.838. The highest BCUT2D eigenvalue weighted by Gasteiger charge is 2.48. The fourth-order valence-electron chi connectivity index (χ4n) is 4.79. The van der Waals surface area contributed by atoms with Crippen molar-refractivity contribution in [2.24, 2.45) is 0 Å². The van der Waals surface area contributed by atoms with Crippen LogP contribution in [0.3, 0.4) is 0 Å². The number of aliphatic hydroxyl groups excluding tert-OH is 1. The molecule has 1 saturated heterocycles. The molecule has 2 unspecified atom stereocenters. The van der Waals surface area contributed by atoms with E-state index in [4.69, 9.17) is 4.74 Å². The Morgan fingerprint density at radius 2 is 1.87 bits per heavy atom. The Hall–Kier alpha value is -4.02. The van der Waals surface area contributed by atoms with Gasteiger partial charge in [0.1, 0.15) is 23.4 Å². The molecule has 4 aromatic rings. The van der Waals surface area contributed by atoms with E-state index in [1.807, 2.05) is 25.1 Å². The minimum Gasteiger partial charge on any atom is -0.507 e. The number of rotatable bonds is 6. The van der Waals surface area contributed by atoms with Crippen LogP contribution < -0.4 is 9.64 Å². The highest BCUT2D eigenvalue weighted by atomic mass is 32.2. The molecule has 2 aliphatic rings. The molecule has 1 aromatic heterocycles. The van der Waals surface area contributed by atoms with Crippen molar-refractivity contribution in [3.63, 3.8) is 0 Å². The topological polar surface area (TPSA) is 92.6 Å². The molecule has 0 saturated carbocycles. The number of hydrogen-bond acceptors (Lipinski definition) is 8. The van der Waals surface area contributed by atoms with Crippen LogP contribution in [0.1, 0.15) is 35.2 Å². The second kappa shape index (κ2) is 10.3. The predicted octanol–water partition coefficient (Wildman–Crippen LogP) is 5.92. The van der Waals surface area contributed by atoms with Crippen LogP contribution >= 0.6 is 23.1 Å². The van der Waals surface area contributed by atoms with Crippen LogP contribution in [0, 0.1) is 5.82 Å². The lowest BCUT2D eigenvalue weighted by Gasteiger charge is -2.22. The average molecular weight is 560 g/mol. The molecule has 2 aliphatic heterocycles. The number of amides is 1. The van der Waals surface area contributed by atoms with Gasteiger partial charge < -0.3 is 9.84 Å². The summed E-state index contributed by atoms with van der Waals surface area (Å²) < 4.78 is 19.6. The zero-order valence-electron chi connectivity index (χ0n) is 20.7.